The van der Waals surface area contributed by atoms with Gasteiger partial charge in [-0.05, 0) is 61.9 Å². The molecule has 2 aromatic rings. The Bertz CT molecular complexity index is 822. The van der Waals surface area contributed by atoms with E-state index in [4.69, 9.17) is 16.9 Å². The first-order chi connectivity index (χ1) is 12.6. The summed E-state index contributed by atoms with van der Waals surface area (Å²) in [6.45, 7) is 5.53. The van der Waals surface area contributed by atoms with Crippen LogP contribution in [0.2, 0.25) is 5.02 Å². The quantitative estimate of drug-likeness (QED) is 0.785. The van der Waals surface area contributed by atoms with Crippen molar-refractivity contribution in [3.05, 3.63) is 53.3 Å². The maximum Gasteiger partial charge on any atom is 0.101 e. The standard InChI is InChI=1S/C21H23ClN4/c1-16-12-21(6-9-25(10-7-21)19-3-2-8-24-14-19)15-26(16)18-5-4-17(13-23)20(22)11-18/h2-5,8,11,14,16H,6-7,9-10,12,15H2,1H3/t16-/m0/s1. The summed E-state index contributed by atoms with van der Waals surface area (Å²) in [5.74, 6) is 0. The van der Waals surface area contributed by atoms with Crippen molar-refractivity contribution < 1.29 is 0 Å². The predicted molar refractivity (Wildman–Crippen MR) is 106 cm³/mol. The van der Waals surface area contributed by atoms with Crippen molar-refractivity contribution in [3.8, 4) is 6.07 Å². The Morgan fingerprint density at radius 2 is 2.04 bits per heavy atom. The van der Waals surface area contributed by atoms with Crippen LogP contribution in [0.4, 0.5) is 11.4 Å². The van der Waals surface area contributed by atoms with E-state index in [1.165, 1.54) is 24.9 Å². The molecule has 0 radical (unpaired) electrons. The predicted octanol–water partition coefficient (Wildman–Crippen LogP) is 4.49. The molecule has 1 aromatic heterocycles. The molecular formula is C21H23ClN4. The summed E-state index contributed by atoms with van der Waals surface area (Å²) in [5.41, 5.74) is 3.28. The summed E-state index contributed by atoms with van der Waals surface area (Å²) in [6, 6.07) is 12.6. The highest BCUT2D eigenvalue weighted by atomic mass is 35.5. The number of anilines is 2. The van der Waals surface area contributed by atoms with Gasteiger partial charge >= 0.3 is 0 Å². The van der Waals surface area contributed by atoms with Gasteiger partial charge in [0.25, 0.3) is 0 Å². The van der Waals surface area contributed by atoms with Crippen molar-refractivity contribution in [1.29, 1.82) is 5.26 Å². The molecule has 0 N–H and O–H groups in total. The van der Waals surface area contributed by atoms with Gasteiger partial charge in [0.05, 0.1) is 22.5 Å². The summed E-state index contributed by atoms with van der Waals surface area (Å²) in [5, 5.41) is 9.63. The van der Waals surface area contributed by atoms with E-state index in [1.807, 2.05) is 36.7 Å². The Labute approximate surface area is 160 Å². The highest BCUT2D eigenvalue weighted by Gasteiger charge is 2.44. The Hall–Kier alpha value is -2.25. The first kappa shape index (κ1) is 17.2. The molecule has 1 spiro atoms. The number of hydrogen-bond acceptors (Lipinski definition) is 4. The lowest BCUT2D eigenvalue weighted by Crippen LogP contribution is -2.41. The van der Waals surface area contributed by atoms with E-state index >= 15 is 0 Å². The van der Waals surface area contributed by atoms with Crippen LogP contribution in [0.15, 0.2) is 42.7 Å². The normalized spacial score (nSPS) is 21.8. The Morgan fingerprint density at radius 3 is 2.69 bits per heavy atom. The van der Waals surface area contributed by atoms with Gasteiger partial charge in [0.15, 0.2) is 0 Å². The van der Waals surface area contributed by atoms with Crippen molar-refractivity contribution in [2.75, 3.05) is 29.4 Å². The number of halogens is 1. The molecule has 0 bridgehead atoms. The third kappa shape index (κ3) is 3.12. The van der Waals surface area contributed by atoms with E-state index in [2.05, 4.69) is 33.8 Å². The maximum absolute atomic E-state index is 9.09. The van der Waals surface area contributed by atoms with E-state index in [9.17, 15) is 0 Å². The number of nitrogens with zero attached hydrogens (tertiary/aromatic N) is 4. The molecular weight excluding hydrogens is 344 g/mol. The monoisotopic (exact) mass is 366 g/mol. The minimum absolute atomic E-state index is 0.374. The van der Waals surface area contributed by atoms with Gasteiger partial charge in [-0.25, -0.2) is 0 Å². The second-order valence-electron chi connectivity index (χ2n) is 7.66. The summed E-state index contributed by atoms with van der Waals surface area (Å²) >= 11 is 6.26. The average Bonchev–Trinajstić information content (AvgIpc) is 2.99. The number of nitriles is 1. The van der Waals surface area contributed by atoms with Crippen molar-refractivity contribution >= 4 is 23.0 Å². The molecule has 2 aliphatic rings. The Balaban J connectivity index is 1.47. The van der Waals surface area contributed by atoms with Crippen LogP contribution >= 0.6 is 11.6 Å². The molecule has 0 saturated carbocycles. The summed E-state index contributed by atoms with van der Waals surface area (Å²) in [7, 11) is 0. The fraction of sp³-hybridized carbons (Fsp3) is 0.429. The first-order valence-electron chi connectivity index (χ1n) is 9.21. The molecule has 0 amide bonds. The molecule has 0 aliphatic carbocycles. The topological polar surface area (TPSA) is 43.2 Å². The lowest BCUT2D eigenvalue weighted by Gasteiger charge is -2.40. The molecule has 4 rings (SSSR count). The molecule has 0 unspecified atom stereocenters. The van der Waals surface area contributed by atoms with Gasteiger partial charge < -0.3 is 9.80 Å². The fourth-order valence-electron chi connectivity index (χ4n) is 4.58. The van der Waals surface area contributed by atoms with Crippen LogP contribution in [-0.2, 0) is 0 Å². The van der Waals surface area contributed by atoms with Crippen LogP contribution in [0, 0.1) is 16.7 Å². The van der Waals surface area contributed by atoms with Gasteiger partial charge in [-0.1, -0.05) is 11.6 Å². The largest absolute Gasteiger partial charge is 0.370 e. The minimum Gasteiger partial charge on any atom is -0.370 e. The van der Waals surface area contributed by atoms with Gasteiger partial charge in [-0.15, -0.1) is 0 Å². The number of aromatic nitrogens is 1. The molecule has 3 heterocycles. The van der Waals surface area contributed by atoms with Crippen molar-refractivity contribution in [2.24, 2.45) is 5.41 Å². The van der Waals surface area contributed by atoms with Crippen molar-refractivity contribution in [1.82, 2.24) is 4.98 Å². The van der Waals surface area contributed by atoms with Crippen molar-refractivity contribution in [2.45, 2.75) is 32.2 Å². The third-order valence-corrected chi connectivity index (χ3v) is 6.32. The number of piperidine rings is 1. The van der Waals surface area contributed by atoms with Crippen LogP contribution in [0.25, 0.3) is 0 Å². The Kier molecular flexibility index (Phi) is 4.50. The zero-order valence-corrected chi connectivity index (χ0v) is 15.8. The smallest absolute Gasteiger partial charge is 0.101 e. The van der Waals surface area contributed by atoms with E-state index in [0.29, 0.717) is 22.0 Å². The first-order valence-corrected chi connectivity index (χ1v) is 9.59. The van der Waals surface area contributed by atoms with E-state index in [1.54, 1.807) is 0 Å². The number of rotatable bonds is 2. The zero-order valence-electron chi connectivity index (χ0n) is 15.0. The molecule has 4 nitrogen and oxygen atoms in total. The highest BCUT2D eigenvalue weighted by molar-refractivity contribution is 6.32. The van der Waals surface area contributed by atoms with E-state index in [-0.39, 0.29) is 0 Å². The van der Waals surface area contributed by atoms with Crippen molar-refractivity contribution in [3.63, 3.8) is 0 Å². The second kappa shape index (κ2) is 6.81. The zero-order chi connectivity index (χ0) is 18.1. The van der Waals surface area contributed by atoms with Gasteiger partial charge in [-0.2, -0.15) is 5.26 Å². The molecule has 2 aliphatic heterocycles. The summed E-state index contributed by atoms with van der Waals surface area (Å²) in [6.07, 6.45) is 7.40. The molecule has 2 fully saturated rings. The average molecular weight is 367 g/mol. The van der Waals surface area contributed by atoms with Gasteiger partial charge in [0.1, 0.15) is 6.07 Å². The Morgan fingerprint density at radius 1 is 1.23 bits per heavy atom. The number of hydrogen-bond donors (Lipinski definition) is 0. The van der Waals surface area contributed by atoms with Crippen LogP contribution in [0.1, 0.15) is 31.7 Å². The fourth-order valence-corrected chi connectivity index (χ4v) is 4.80. The lowest BCUT2D eigenvalue weighted by molar-refractivity contribution is 0.245. The minimum atomic E-state index is 0.374. The molecule has 26 heavy (non-hydrogen) atoms. The highest BCUT2D eigenvalue weighted by Crippen LogP contribution is 2.45. The number of benzene rings is 1. The van der Waals surface area contributed by atoms with Crippen LogP contribution in [-0.4, -0.2) is 30.7 Å². The lowest BCUT2D eigenvalue weighted by atomic mass is 9.76. The van der Waals surface area contributed by atoms with Crippen LogP contribution in [0.5, 0.6) is 0 Å². The number of pyridine rings is 1. The van der Waals surface area contributed by atoms with Crippen LogP contribution in [0.3, 0.4) is 0 Å². The molecule has 1 aromatic carbocycles. The van der Waals surface area contributed by atoms with Crippen LogP contribution < -0.4 is 9.80 Å². The van der Waals surface area contributed by atoms with E-state index < -0.39 is 0 Å². The summed E-state index contributed by atoms with van der Waals surface area (Å²) < 4.78 is 0. The molecule has 2 saturated heterocycles. The van der Waals surface area contributed by atoms with Gasteiger partial charge in [0.2, 0.25) is 0 Å². The van der Waals surface area contributed by atoms with Gasteiger partial charge in [0, 0.05) is 37.6 Å². The second-order valence-corrected chi connectivity index (χ2v) is 8.06. The van der Waals surface area contributed by atoms with Gasteiger partial charge in [-0.3, -0.25) is 4.98 Å². The molecule has 134 valence electrons. The molecule has 1 atom stereocenters. The summed E-state index contributed by atoms with van der Waals surface area (Å²) in [4.78, 5) is 9.16. The third-order valence-electron chi connectivity index (χ3n) is 6.01. The maximum atomic E-state index is 9.09. The molecule has 5 heteroatoms. The van der Waals surface area contributed by atoms with E-state index in [0.717, 1.165) is 25.3 Å². The SMILES string of the molecule is C[C@H]1CC2(CCN(c3cccnc3)CC2)CN1c1ccc(C#N)c(Cl)c1.